The minimum atomic E-state index is -3.19. The van der Waals surface area contributed by atoms with Gasteiger partial charge in [-0.2, -0.15) is 0 Å². The van der Waals surface area contributed by atoms with Crippen LogP contribution >= 0.6 is 23.2 Å². The van der Waals surface area contributed by atoms with Crippen LogP contribution in [0.15, 0.2) is 18.2 Å². The lowest BCUT2D eigenvalue weighted by molar-refractivity contribution is 0.0937. The number of carbonyl (C=O) groups excluding carboxylic acids is 1. The van der Waals surface area contributed by atoms with Gasteiger partial charge in [0.15, 0.2) is 0 Å². The van der Waals surface area contributed by atoms with E-state index in [2.05, 4.69) is 5.32 Å². The number of sulfonamides is 1. The Morgan fingerprint density at radius 2 is 1.90 bits per heavy atom. The minimum absolute atomic E-state index is 0.0274. The van der Waals surface area contributed by atoms with Crippen LogP contribution in [0.25, 0.3) is 0 Å². The first-order chi connectivity index (χ1) is 13.6. The van der Waals surface area contributed by atoms with E-state index in [1.54, 1.807) is 22.5 Å². The van der Waals surface area contributed by atoms with Crippen LogP contribution in [-0.2, 0) is 10.0 Å². The molecule has 1 aliphatic heterocycles. The molecule has 3 aliphatic rings. The Kier molecular flexibility index (Phi) is 5.69. The number of carbonyl (C=O) groups is 1. The third-order valence-corrected chi connectivity index (χ3v) is 9.43. The van der Waals surface area contributed by atoms with Crippen LogP contribution in [0.5, 0.6) is 0 Å². The molecule has 8 heteroatoms. The van der Waals surface area contributed by atoms with Crippen molar-refractivity contribution in [3.8, 4) is 0 Å². The molecule has 1 saturated heterocycles. The predicted molar refractivity (Wildman–Crippen MR) is 116 cm³/mol. The Hall–Kier alpha value is -0.820. The Morgan fingerprint density at radius 1 is 1.24 bits per heavy atom. The molecule has 1 amide bonds. The van der Waals surface area contributed by atoms with Gasteiger partial charge in [-0.15, -0.1) is 0 Å². The average molecular weight is 459 g/mol. The largest absolute Gasteiger partial charge is 0.351 e. The molecule has 1 aromatic rings. The van der Waals surface area contributed by atoms with E-state index in [9.17, 15) is 13.2 Å². The molecule has 4 rings (SSSR count). The second-order valence-electron chi connectivity index (χ2n) is 9.39. The van der Waals surface area contributed by atoms with Gasteiger partial charge in [-0.1, -0.05) is 49.9 Å². The van der Waals surface area contributed by atoms with Gasteiger partial charge in [-0.3, -0.25) is 4.79 Å². The third kappa shape index (κ3) is 4.32. The van der Waals surface area contributed by atoms with Gasteiger partial charge in [-0.05, 0) is 53.7 Å². The highest BCUT2D eigenvalue weighted by Crippen LogP contribution is 2.67. The molecular weight excluding hydrogens is 431 g/mol. The number of hydrogen-bond acceptors (Lipinski definition) is 3. The molecule has 2 saturated carbocycles. The Balaban J connectivity index is 1.42. The van der Waals surface area contributed by atoms with Crippen molar-refractivity contribution in [2.24, 2.45) is 29.1 Å². The molecule has 0 aromatic heterocycles. The normalized spacial score (nSPS) is 29.1. The van der Waals surface area contributed by atoms with Crippen LogP contribution < -0.4 is 5.32 Å². The third-order valence-electron chi connectivity index (χ3n) is 6.71. The molecule has 5 nitrogen and oxygen atoms in total. The van der Waals surface area contributed by atoms with Crippen molar-refractivity contribution in [1.82, 2.24) is 9.62 Å². The fraction of sp³-hybridized carbons (Fsp3) is 0.667. The first-order valence-electron chi connectivity index (χ1n) is 10.3. The van der Waals surface area contributed by atoms with Gasteiger partial charge in [0, 0.05) is 24.7 Å². The predicted octanol–water partition coefficient (Wildman–Crippen LogP) is 4.06. The van der Waals surface area contributed by atoms with Crippen molar-refractivity contribution in [2.75, 3.05) is 25.4 Å². The lowest BCUT2D eigenvalue weighted by atomic mass is 9.92. The van der Waals surface area contributed by atoms with Gasteiger partial charge in [-0.25, -0.2) is 12.7 Å². The number of hydrogen-bond donors (Lipinski definition) is 1. The van der Waals surface area contributed by atoms with Gasteiger partial charge in [0.05, 0.1) is 16.3 Å². The zero-order valence-corrected chi connectivity index (χ0v) is 19.2. The molecule has 3 atom stereocenters. The Bertz CT molecular complexity index is 903. The average Bonchev–Trinajstić information content (AvgIpc) is 3.47. The highest BCUT2D eigenvalue weighted by molar-refractivity contribution is 7.89. The number of benzene rings is 1. The molecule has 2 aliphatic carbocycles. The summed E-state index contributed by atoms with van der Waals surface area (Å²) in [6.07, 6.45) is 3.57. The molecule has 0 spiro atoms. The van der Waals surface area contributed by atoms with Gasteiger partial charge in [0.25, 0.3) is 5.91 Å². The summed E-state index contributed by atoms with van der Waals surface area (Å²) >= 11 is 12.1. The molecule has 1 N–H and O–H groups in total. The highest BCUT2D eigenvalue weighted by atomic mass is 35.5. The second-order valence-corrected chi connectivity index (χ2v) is 12.2. The van der Waals surface area contributed by atoms with Crippen molar-refractivity contribution < 1.29 is 13.2 Å². The summed E-state index contributed by atoms with van der Waals surface area (Å²) in [5.74, 6) is 1.52. The molecular formula is C21H28Cl2N2O3S. The number of amides is 1. The zero-order valence-electron chi connectivity index (χ0n) is 16.8. The molecule has 3 fully saturated rings. The number of nitrogens with zero attached hydrogens (tertiary/aromatic N) is 1. The first kappa shape index (κ1) is 21.4. The standard InChI is InChI=1S/C21H28Cl2N2O3S/c1-13(2)11-29(27,28)25-9-17-18(10-25)21(17,8-14-3-4-14)12-24-20(26)16-6-5-15(22)7-19(16)23/h5-7,13-14,17-18H,3-4,8-12H2,1-2H3,(H,24,26)/t17-,18+,21?. The number of piperidine rings is 1. The van der Waals surface area contributed by atoms with E-state index < -0.39 is 10.0 Å². The van der Waals surface area contributed by atoms with E-state index in [4.69, 9.17) is 23.2 Å². The van der Waals surface area contributed by atoms with Crippen LogP contribution in [0.3, 0.4) is 0 Å². The van der Waals surface area contributed by atoms with Gasteiger partial charge >= 0.3 is 0 Å². The molecule has 0 bridgehead atoms. The summed E-state index contributed by atoms with van der Waals surface area (Å²) in [4.78, 5) is 12.7. The quantitative estimate of drug-likeness (QED) is 0.638. The maximum Gasteiger partial charge on any atom is 0.252 e. The minimum Gasteiger partial charge on any atom is -0.351 e. The summed E-state index contributed by atoms with van der Waals surface area (Å²) in [6.45, 7) is 5.62. The van der Waals surface area contributed by atoms with Crippen molar-refractivity contribution in [1.29, 1.82) is 0 Å². The van der Waals surface area contributed by atoms with E-state index in [1.807, 2.05) is 13.8 Å². The Morgan fingerprint density at radius 3 is 2.45 bits per heavy atom. The molecule has 1 heterocycles. The van der Waals surface area contributed by atoms with E-state index >= 15 is 0 Å². The molecule has 29 heavy (non-hydrogen) atoms. The van der Waals surface area contributed by atoms with Crippen molar-refractivity contribution in [3.05, 3.63) is 33.8 Å². The fourth-order valence-electron chi connectivity index (χ4n) is 5.07. The number of halogens is 2. The summed E-state index contributed by atoms with van der Waals surface area (Å²) in [7, 11) is -3.19. The second kappa shape index (κ2) is 7.70. The summed E-state index contributed by atoms with van der Waals surface area (Å²) < 4.78 is 26.9. The number of nitrogens with one attached hydrogen (secondary N) is 1. The zero-order chi connectivity index (χ0) is 21.0. The molecule has 1 unspecified atom stereocenters. The van der Waals surface area contributed by atoms with E-state index in [-0.39, 0.29) is 23.0 Å². The van der Waals surface area contributed by atoms with Crippen molar-refractivity contribution >= 4 is 39.1 Å². The first-order valence-corrected chi connectivity index (χ1v) is 12.7. The lowest BCUT2D eigenvalue weighted by Gasteiger charge is -2.27. The SMILES string of the molecule is CC(C)CS(=O)(=O)N1C[C@@H]2[C@H](C1)C2(CNC(=O)c1ccc(Cl)cc1Cl)CC1CC1. The number of fused-ring (bicyclic) bond motifs is 1. The van der Waals surface area contributed by atoms with Crippen molar-refractivity contribution in [2.45, 2.75) is 33.1 Å². The smallest absolute Gasteiger partial charge is 0.252 e. The fourth-order valence-corrected chi connectivity index (χ4v) is 7.39. The molecule has 160 valence electrons. The van der Waals surface area contributed by atoms with Crippen LogP contribution in [0.1, 0.15) is 43.5 Å². The van der Waals surface area contributed by atoms with Crippen molar-refractivity contribution in [3.63, 3.8) is 0 Å². The van der Waals surface area contributed by atoms with Crippen LogP contribution in [-0.4, -0.2) is 44.0 Å². The van der Waals surface area contributed by atoms with E-state index in [0.717, 1.165) is 12.3 Å². The summed E-state index contributed by atoms with van der Waals surface area (Å²) in [5, 5.41) is 3.91. The summed E-state index contributed by atoms with van der Waals surface area (Å²) in [6, 6.07) is 4.87. The topological polar surface area (TPSA) is 66.5 Å². The maximum atomic E-state index is 12.7. The van der Waals surface area contributed by atoms with Crippen LogP contribution in [0.4, 0.5) is 0 Å². The lowest BCUT2D eigenvalue weighted by Crippen LogP contribution is -2.40. The molecule has 1 aromatic carbocycles. The van der Waals surface area contributed by atoms with Gasteiger partial charge < -0.3 is 5.32 Å². The van der Waals surface area contributed by atoms with Gasteiger partial charge in [0.1, 0.15) is 0 Å². The monoisotopic (exact) mass is 458 g/mol. The van der Waals surface area contributed by atoms with E-state index in [1.165, 1.54) is 12.8 Å². The van der Waals surface area contributed by atoms with E-state index in [0.29, 0.717) is 47.1 Å². The maximum absolute atomic E-state index is 12.7. The van der Waals surface area contributed by atoms with Crippen LogP contribution in [0, 0.1) is 29.1 Å². The highest BCUT2D eigenvalue weighted by Gasteiger charge is 2.69. The van der Waals surface area contributed by atoms with Gasteiger partial charge in [0.2, 0.25) is 10.0 Å². The number of rotatable bonds is 8. The Labute approximate surface area is 183 Å². The molecule has 0 radical (unpaired) electrons. The van der Waals surface area contributed by atoms with Crippen LogP contribution in [0.2, 0.25) is 10.0 Å². The summed E-state index contributed by atoms with van der Waals surface area (Å²) in [5.41, 5.74) is 0.448.